The molecule has 2 N–H and O–H groups in total. The van der Waals surface area contributed by atoms with E-state index in [-0.39, 0.29) is 12.2 Å². The summed E-state index contributed by atoms with van der Waals surface area (Å²) < 4.78 is 39.9. The van der Waals surface area contributed by atoms with Crippen molar-refractivity contribution in [3.05, 3.63) is 64.7 Å². The van der Waals surface area contributed by atoms with Crippen LogP contribution in [0.5, 0.6) is 11.5 Å². The van der Waals surface area contributed by atoms with Crippen molar-refractivity contribution in [3.63, 3.8) is 0 Å². The van der Waals surface area contributed by atoms with Crippen molar-refractivity contribution >= 4 is 17.4 Å². The third kappa shape index (κ3) is 6.62. The van der Waals surface area contributed by atoms with Gasteiger partial charge in [-0.25, -0.2) is 18.6 Å². The largest absolute Gasteiger partial charge is 0.497 e. The summed E-state index contributed by atoms with van der Waals surface area (Å²) in [5.74, 6) is -1.34. The van der Waals surface area contributed by atoms with Crippen LogP contribution in [0.3, 0.4) is 0 Å². The maximum absolute atomic E-state index is 15.1. The minimum absolute atomic E-state index is 0.00535. The van der Waals surface area contributed by atoms with Crippen LogP contribution in [0, 0.1) is 11.6 Å². The quantitative estimate of drug-likeness (QED) is 0.387. The topological polar surface area (TPSA) is 83.9 Å². The lowest BCUT2D eigenvalue weighted by molar-refractivity contribution is 0.155. The first-order chi connectivity index (χ1) is 15.9. The Morgan fingerprint density at radius 2 is 1.97 bits per heavy atom. The minimum atomic E-state index is -0.962. The highest BCUT2D eigenvalue weighted by molar-refractivity contribution is 7.15. The Kier molecular flexibility index (Phi) is 8.56. The molecule has 0 bridgehead atoms. The molecule has 3 rings (SSSR count). The second kappa shape index (κ2) is 11.6. The van der Waals surface area contributed by atoms with Crippen LogP contribution in [0.4, 0.5) is 13.6 Å². The molecule has 1 amide bonds. The maximum Gasteiger partial charge on any atom is 0.407 e. The predicted octanol–water partition coefficient (Wildman–Crippen LogP) is 4.77. The third-order valence-corrected chi connectivity index (χ3v) is 5.88. The molecular formula is C23H25F2N3O4S. The van der Waals surface area contributed by atoms with E-state index in [1.54, 1.807) is 37.6 Å². The number of ether oxygens (including phenoxy) is 2. The van der Waals surface area contributed by atoms with Gasteiger partial charge in [0.25, 0.3) is 0 Å². The molecule has 1 heterocycles. The first-order valence-electron chi connectivity index (χ1n) is 10.2. The van der Waals surface area contributed by atoms with Crippen molar-refractivity contribution in [2.75, 3.05) is 27.2 Å². The highest BCUT2D eigenvalue weighted by atomic mass is 32.1. The van der Waals surface area contributed by atoms with E-state index in [9.17, 15) is 9.18 Å². The van der Waals surface area contributed by atoms with Gasteiger partial charge in [0, 0.05) is 31.2 Å². The number of halogens is 2. The van der Waals surface area contributed by atoms with Gasteiger partial charge in [0.15, 0.2) is 17.4 Å². The smallest absolute Gasteiger partial charge is 0.407 e. The Morgan fingerprint density at radius 3 is 2.67 bits per heavy atom. The SMILES string of the molecule is COc1ccc(COc2c(F)ccc(-c3ncc(CNCCCN(C)C(=O)O)s3)c2F)cc1. The molecule has 0 saturated heterocycles. The molecule has 0 spiro atoms. The van der Waals surface area contributed by atoms with E-state index in [4.69, 9.17) is 14.6 Å². The summed E-state index contributed by atoms with van der Waals surface area (Å²) in [5.41, 5.74) is 0.914. The summed E-state index contributed by atoms with van der Waals surface area (Å²) in [6.45, 7) is 1.57. The lowest BCUT2D eigenvalue weighted by atomic mass is 10.2. The number of carboxylic acid groups (broad SMARTS) is 1. The minimum Gasteiger partial charge on any atom is -0.497 e. The van der Waals surface area contributed by atoms with Crippen molar-refractivity contribution in [1.82, 2.24) is 15.2 Å². The van der Waals surface area contributed by atoms with Crippen LogP contribution in [0.1, 0.15) is 16.9 Å². The van der Waals surface area contributed by atoms with Crippen LogP contribution in [0.15, 0.2) is 42.6 Å². The van der Waals surface area contributed by atoms with E-state index in [0.29, 0.717) is 36.8 Å². The van der Waals surface area contributed by atoms with Gasteiger partial charge in [-0.1, -0.05) is 12.1 Å². The number of amides is 1. The molecule has 2 aromatic carbocycles. The molecule has 10 heteroatoms. The van der Waals surface area contributed by atoms with Crippen LogP contribution in [0.2, 0.25) is 0 Å². The van der Waals surface area contributed by atoms with E-state index in [1.165, 1.54) is 35.4 Å². The zero-order valence-corrected chi connectivity index (χ0v) is 19.1. The van der Waals surface area contributed by atoms with E-state index >= 15 is 4.39 Å². The molecule has 7 nitrogen and oxygen atoms in total. The molecule has 0 radical (unpaired) electrons. The number of carbonyl (C=O) groups is 1. The molecule has 1 aromatic heterocycles. The number of nitrogens with zero attached hydrogens (tertiary/aromatic N) is 2. The van der Waals surface area contributed by atoms with Gasteiger partial charge in [0.2, 0.25) is 0 Å². The number of hydrogen-bond acceptors (Lipinski definition) is 6. The first kappa shape index (κ1) is 24.4. The van der Waals surface area contributed by atoms with E-state index < -0.39 is 23.5 Å². The number of aromatic nitrogens is 1. The van der Waals surface area contributed by atoms with Gasteiger partial charge < -0.3 is 24.8 Å². The molecule has 3 aromatic rings. The zero-order chi connectivity index (χ0) is 23.8. The van der Waals surface area contributed by atoms with Crippen molar-refractivity contribution < 1.29 is 28.2 Å². The van der Waals surface area contributed by atoms with Gasteiger partial charge in [0.05, 0.1) is 12.7 Å². The fourth-order valence-electron chi connectivity index (χ4n) is 2.97. The second-order valence-electron chi connectivity index (χ2n) is 7.24. The molecule has 0 atom stereocenters. The molecule has 0 aliphatic heterocycles. The molecule has 176 valence electrons. The maximum atomic E-state index is 15.1. The van der Waals surface area contributed by atoms with Crippen LogP contribution in [-0.4, -0.2) is 48.3 Å². The van der Waals surface area contributed by atoms with Gasteiger partial charge in [0.1, 0.15) is 17.4 Å². The van der Waals surface area contributed by atoms with Gasteiger partial charge in [-0.15, -0.1) is 11.3 Å². The number of benzene rings is 2. The van der Waals surface area contributed by atoms with Gasteiger partial charge in [-0.05, 0) is 42.8 Å². The predicted molar refractivity (Wildman–Crippen MR) is 122 cm³/mol. The molecule has 0 aliphatic carbocycles. The Labute approximate surface area is 194 Å². The Balaban J connectivity index is 1.60. The fourth-order valence-corrected chi connectivity index (χ4v) is 3.87. The highest BCUT2D eigenvalue weighted by Gasteiger charge is 2.19. The van der Waals surface area contributed by atoms with Crippen LogP contribution >= 0.6 is 11.3 Å². The average molecular weight is 478 g/mol. The summed E-state index contributed by atoms with van der Waals surface area (Å²) in [6.07, 6.45) is 1.34. The number of methoxy groups -OCH3 is 1. The lowest BCUT2D eigenvalue weighted by Gasteiger charge is -2.12. The number of nitrogens with one attached hydrogen (secondary N) is 1. The zero-order valence-electron chi connectivity index (χ0n) is 18.3. The highest BCUT2D eigenvalue weighted by Crippen LogP contribution is 2.34. The Hall–Kier alpha value is -3.24. The Morgan fingerprint density at radius 1 is 1.21 bits per heavy atom. The Bertz CT molecular complexity index is 1080. The summed E-state index contributed by atoms with van der Waals surface area (Å²) >= 11 is 1.29. The monoisotopic (exact) mass is 477 g/mol. The van der Waals surface area contributed by atoms with Gasteiger partial charge >= 0.3 is 6.09 Å². The van der Waals surface area contributed by atoms with E-state index in [2.05, 4.69) is 10.3 Å². The van der Waals surface area contributed by atoms with Crippen molar-refractivity contribution in [2.45, 2.75) is 19.6 Å². The van der Waals surface area contributed by atoms with Crippen molar-refractivity contribution in [3.8, 4) is 22.1 Å². The van der Waals surface area contributed by atoms with Gasteiger partial charge in [-0.2, -0.15) is 0 Å². The van der Waals surface area contributed by atoms with Crippen LogP contribution in [-0.2, 0) is 13.2 Å². The molecule has 0 saturated carbocycles. The summed E-state index contributed by atoms with van der Waals surface area (Å²) in [4.78, 5) is 17.1. The molecule has 0 unspecified atom stereocenters. The summed E-state index contributed by atoms with van der Waals surface area (Å²) in [7, 11) is 3.08. The summed E-state index contributed by atoms with van der Waals surface area (Å²) in [6, 6.07) is 9.54. The summed E-state index contributed by atoms with van der Waals surface area (Å²) in [5, 5.41) is 12.5. The standard InChI is InChI=1S/C23H25F2N3O4S/c1-28(23(29)30)11-3-10-26-12-17-13-27-22(33-17)18-8-9-19(24)21(20(18)25)32-14-15-4-6-16(31-2)7-5-15/h4-9,13,26H,3,10-12,14H2,1-2H3,(H,29,30). The van der Waals surface area contributed by atoms with Gasteiger partial charge in [-0.3, -0.25) is 0 Å². The third-order valence-electron chi connectivity index (χ3n) is 4.85. The molecule has 0 aliphatic rings. The molecule has 33 heavy (non-hydrogen) atoms. The first-order valence-corrected chi connectivity index (χ1v) is 11.0. The second-order valence-corrected chi connectivity index (χ2v) is 8.36. The number of rotatable bonds is 11. The van der Waals surface area contributed by atoms with Crippen molar-refractivity contribution in [2.24, 2.45) is 0 Å². The molecule has 0 fully saturated rings. The van der Waals surface area contributed by atoms with E-state index in [1.807, 2.05) is 0 Å². The van der Waals surface area contributed by atoms with Crippen LogP contribution < -0.4 is 14.8 Å². The number of hydrogen-bond donors (Lipinski definition) is 2. The van der Waals surface area contributed by atoms with E-state index in [0.717, 1.165) is 10.4 Å². The molecular weight excluding hydrogens is 452 g/mol. The van der Waals surface area contributed by atoms with Crippen LogP contribution in [0.25, 0.3) is 10.6 Å². The lowest BCUT2D eigenvalue weighted by Crippen LogP contribution is -2.28. The normalized spacial score (nSPS) is 10.8. The number of thiazole rings is 1. The van der Waals surface area contributed by atoms with Crippen molar-refractivity contribution in [1.29, 1.82) is 0 Å². The fraction of sp³-hybridized carbons (Fsp3) is 0.304. The average Bonchev–Trinajstić information content (AvgIpc) is 3.27.